The van der Waals surface area contributed by atoms with Gasteiger partial charge < -0.3 is 14.2 Å². The molecular weight excluding hydrogens is 440 g/mol. The SMILES string of the molecule is CCCCCCc1ccc(OCCOc2ccc(/C=N\NC(=O)c3ccccc3)cc2OC)cc1. The molecule has 0 aliphatic rings. The van der Waals surface area contributed by atoms with Gasteiger partial charge in [0.25, 0.3) is 5.91 Å². The van der Waals surface area contributed by atoms with Gasteiger partial charge in [-0.15, -0.1) is 0 Å². The number of nitrogens with one attached hydrogen (secondary N) is 1. The van der Waals surface area contributed by atoms with E-state index >= 15 is 0 Å². The maximum Gasteiger partial charge on any atom is 0.271 e. The molecule has 0 aliphatic carbocycles. The summed E-state index contributed by atoms with van der Waals surface area (Å²) in [6, 6.07) is 22.7. The van der Waals surface area contributed by atoms with E-state index in [2.05, 4.69) is 29.6 Å². The summed E-state index contributed by atoms with van der Waals surface area (Å²) >= 11 is 0. The third-order valence-electron chi connectivity index (χ3n) is 5.46. The number of carbonyl (C=O) groups excluding carboxylic acids is 1. The van der Waals surface area contributed by atoms with Crippen molar-refractivity contribution in [1.29, 1.82) is 0 Å². The van der Waals surface area contributed by atoms with Crippen molar-refractivity contribution in [2.24, 2.45) is 5.10 Å². The zero-order valence-corrected chi connectivity index (χ0v) is 20.5. The van der Waals surface area contributed by atoms with E-state index in [1.54, 1.807) is 43.7 Å². The van der Waals surface area contributed by atoms with E-state index < -0.39 is 0 Å². The van der Waals surface area contributed by atoms with Crippen LogP contribution in [-0.2, 0) is 6.42 Å². The van der Waals surface area contributed by atoms with Crippen molar-refractivity contribution in [2.45, 2.75) is 39.0 Å². The summed E-state index contributed by atoms with van der Waals surface area (Å²) in [5.74, 6) is 1.76. The van der Waals surface area contributed by atoms with Crippen molar-refractivity contribution < 1.29 is 19.0 Å². The van der Waals surface area contributed by atoms with E-state index in [0.717, 1.165) is 17.7 Å². The number of amides is 1. The standard InChI is InChI=1S/C29H34N2O4/c1-3-4-5-7-10-23-13-16-26(17-14-23)34-19-20-35-27-18-15-24(21-28(27)33-2)22-30-31-29(32)25-11-8-6-9-12-25/h6,8-9,11-18,21-22H,3-5,7,10,19-20H2,1-2H3,(H,31,32)/b30-22-. The maximum atomic E-state index is 12.1. The van der Waals surface area contributed by atoms with Crippen molar-refractivity contribution in [3.8, 4) is 17.2 Å². The fourth-order valence-electron chi connectivity index (χ4n) is 3.52. The molecule has 0 spiro atoms. The van der Waals surface area contributed by atoms with Crippen molar-refractivity contribution in [2.75, 3.05) is 20.3 Å². The number of hydrazone groups is 1. The molecule has 1 N–H and O–H groups in total. The van der Waals surface area contributed by atoms with Gasteiger partial charge in [0, 0.05) is 5.56 Å². The maximum absolute atomic E-state index is 12.1. The average molecular weight is 475 g/mol. The van der Waals surface area contributed by atoms with Crippen LogP contribution in [0.4, 0.5) is 0 Å². The Kier molecular flexibility index (Phi) is 10.7. The summed E-state index contributed by atoms with van der Waals surface area (Å²) in [4.78, 5) is 12.1. The lowest BCUT2D eigenvalue weighted by molar-refractivity contribution is 0.0955. The molecule has 1 amide bonds. The highest BCUT2D eigenvalue weighted by Gasteiger charge is 2.06. The number of hydrogen-bond acceptors (Lipinski definition) is 5. The van der Waals surface area contributed by atoms with Crippen LogP contribution in [0.3, 0.4) is 0 Å². The third kappa shape index (κ3) is 8.81. The van der Waals surface area contributed by atoms with E-state index in [-0.39, 0.29) is 5.91 Å². The first kappa shape index (κ1) is 25.8. The van der Waals surface area contributed by atoms with Gasteiger partial charge in [0.2, 0.25) is 0 Å². The number of aryl methyl sites for hydroxylation is 1. The molecule has 184 valence electrons. The zero-order chi connectivity index (χ0) is 24.7. The fourth-order valence-corrected chi connectivity index (χ4v) is 3.52. The first-order valence-corrected chi connectivity index (χ1v) is 12.1. The smallest absolute Gasteiger partial charge is 0.271 e. The number of hydrogen-bond donors (Lipinski definition) is 1. The topological polar surface area (TPSA) is 69.2 Å². The highest BCUT2D eigenvalue weighted by molar-refractivity contribution is 5.94. The molecule has 0 radical (unpaired) electrons. The van der Waals surface area contributed by atoms with Crippen LogP contribution in [0.5, 0.6) is 17.2 Å². The molecule has 0 saturated heterocycles. The Hall–Kier alpha value is -3.80. The van der Waals surface area contributed by atoms with Crippen molar-refractivity contribution in [3.63, 3.8) is 0 Å². The number of ether oxygens (including phenoxy) is 3. The number of unbranched alkanes of at least 4 members (excludes halogenated alkanes) is 3. The highest BCUT2D eigenvalue weighted by Crippen LogP contribution is 2.27. The van der Waals surface area contributed by atoms with E-state index in [0.29, 0.717) is 30.3 Å². The molecule has 0 fully saturated rings. The van der Waals surface area contributed by atoms with Gasteiger partial charge in [-0.3, -0.25) is 4.79 Å². The fraction of sp³-hybridized carbons (Fsp3) is 0.310. The van der Waals surface area contributed by atoms with Gasteiger partial charge in [-0.2, -0.15) is 5.10 Å². The Bertz CT molecular complexity index is 1070. The first-order chi connectivity index (χ1) is 17.2. The van der Waals surface area contributed by atoms with Gasteiger partial charge in [0.1, 0.15) is 19.0 Å². The van der Waals surface area contributed by atoms with Gasteiger partial charge in [-0.1, -0.05) is 56.5 Å². The second-order valence-corrected chi connectivity index (χ2v) is 8.13. The Balaban J connectivity index is 1.43. The minimum absolute atomic E-state index is 0.268. The molecule has 0 bridgehead atoms. The van der Waals surface area contributed by atoms with Gasteiger partial charge >= 0.3 is 0 Å². The monoisotopic (exact) mass is 474 g/mol. The summed E-state index contributed by atoms with van der Waals surface area (Å²) < 4.78 is 17.1. The molecule has 3 rings (SSSR count). The lowest BCUT2D eigenvalue weighted by Crippen LogP contribution is -2.17. The molecule has 0 atom stereocenters. The number of methoxy groups -OCH3 is 1. The van der Waals surface area contributed by atoms with Gasteiger partial charge in [-0.05, 0) is 66.4 Å². The van der Waals surface area contributed by atoms with Crippen molar-refractivity contribution in [3.05, 3.63) is 89.5 Å². The average Bonchev–Trinajstić information content (AvgIpc) is 2.90. The molecule has 0 unspecified atom stereocenters. The van der Waals surface area contributed by atoms with Crippen LogP contribution >= 0.6 is 0 Å². The van der Waals surface area contributed by atoms with Crippen LogP contribution in [0.1, 0.15) is 54.1 Å². The van der Waals surface area contributed by atoms with Gasteiger partial charge in [0.05, 0.1) is 13.3 Å². The largest absolute Gasteiger partial charge is 0.493 e. The van der Waals surface area contributed by atoms with E-state index in [1.807, 2.05) is 30.3 Å². The molecule has 0 saturated carbocycles. The molecule has 3 aromatic rings. The molecule has 6 heteroatoms. The van der Waals surface area contributed by atoms with Crippen molar-refractivity contribution in [1.82, 2.24) is 5.43 Å². The quantitative estimate of drug-likeness (QED) is 0.176. The Labute approximate surface area is 207 Å². The summed E-state index contributed by atoms with van der Waals surface area (Å²) in [6.07, 6.45) is 7.75. The molecule has 0 heterocycles. The third-order valence-corrected chi connectivity index (χ3v) is 5.46. The highest BCUT2D eigenvalue weighted by atomic mass is 16.5. The van der Waals surface area contributed by atoms with Crippen LogP contribution in [0.2, 0.25) is 0 Å². The predicted octanol–water partition coefficient (Wildman–Crippen LogP) is 6.04. The summed E-state index contributed by atoms with van der Waals surface area (Å²) in [5, 5.41) is 4.02. The van der Waals surface area contributed by atoms with Crippen molar-refractivity contribution >= 4 is 12.1 Å². The number of carbonyl (C=O) groups is 1. The van der Waals surface area contributed by atoms with E-state index in [9.17, 15) is 4.79 Å². The second kappa shape index (κ2) is 14.5. The summed E-state index contributed by atoms with van der Waals surface area (Å²) in [5.41, 5.74) is 5.18. The predicted molar refractivity (Wildman–Crippen MR) is 140 cm³/mol. The zero-order valence-electron chi connectivity index (χ0n) is 20.5. The Morgan fingerprint density at radius 1 is 0.886 bits per heavy atom. The van der Waals surface area contributed by atoms with Crippen LogP contribution < -0.4 is 19.6 Å². The number of benzene rings is 3. The summed E-state index contributed by atoms with van der Waals surface area (Å²) in [7, 11) is 1.58. The lowest BCUT2D eigenvalue weighted by Gasteiger charge is -2.12. The van der Waals surface area contributed by atoms with E-state index in [1.165, 1.54) is 31.2 Å². The Morgan fingerprint density at radius 2 is 1.66 bits per heavy atom. The van der Waals surface area contributed by atoms with Crippen LogP contribution in [-0.4, -0.2) is 32.4 Å². The molecule has 35 heavy (non-hydrogen) atoms. The molecule has 3 aromatic carbocycles. The van der Waals surface area contributed by atoms with Crippen LogP contribution in [0, 0.1) is 0 Å². The van der Waals surface area contributed by atoms with Crippen LogP contribution in [0.15, 0.2) is 77.9 Å². The Morgan fingerprint density at radius 3 is 2.40 bits per heavy atom. The second-order valence-electron chi connectivity index (χ2n) is 8.13. The number of rotatable bonds is 14. The lowest BCUT2D eigenvalue weighted by atomic mass is 10.1. The molecule has 0 aromatic heterocycles. The molecule has 0 aliphatic heterocycles. The molecule has 6 nitrogen and oxygen atoms in total. The minimum atomic E-state index is -0.268. The first-order valence-electron chi connectivity index (χ1n) is 12.1. The van der Waals surface area contributed by atoms with Gasteiger partial charge in [-0.25, -0.2) is 5.43 Å². The normalized spacial score (nSPS) is 10.8. The van der Waals surface area contributed by atoms with Gasteiger partial charge in [0.15, 0.2) is 11.5 Å². The summed E-state index contributed by atoms with van der Waals surface area (Å²) in [6.45, 7) is 3.04. The van der Waals surface area contributed by atoms with E-state index in [4.69, 9.17) is 14.2 Å². The molecular formula is C29H34N2O4. The minimum Gasteiger partial charge on any atom is -0.493 e. The number of nitrogens with zero attached hydrogens (tertiary/aromatic N) is 1. The van der Waals surface area contributed by atoms with Crippen LogP contribution in [0.25, 0.3) is 0 Å².